The molecule has 5 nitrogen and oxygen atoms in total. The molecule has 0 fully saturated rings. The van der Waals surface area contributed by atoms with Gasteiger partial charge in [0.15, 0.2) is 5.84 Å². The number of thiophene rings is 1. The van der Waals surface area contributed by atoms with Gasteiger partial charge in [-0.1, -0.05) is 19.0 Å². The van der Waals surface area contributed by atoms with Gasteiger partial charge in [-0.2, -0.15) is 11.3 Å². The van der Waals surface area contributed by atoms with Gasteiger partial charge in [-0.25, -0.2) is 0 Å². The van der Waals surface area contributed by atoms with Crippen LogP contribution >= 0.6 is 11.3 Å². The Bertz CT molecular complexity index is 426. The Morgan fingerprint density at radius 2 is 2.18 bits per heavy atom. The third-order valence-corrected chi connectivity index (χ3v) is 3.35. The van der Waals surface area contributed by atoms with Crippen molar-refractivity contribution in [1.82, 2.24) is 5.32 Å². The summed E-state index contributed by atoms with van der Waals surface area (Å²) < 4.78 is 0. The van der Waals surface area contributed by atoms with Crippen molar-refractivity contribution in [1.29, 1.82) is 0 Å². The van der Waals surface area contributed by atoms with E-state index in [4.69, 9.17) is 10.9 Å². The van der Waals surface area contributed by atoms with Gasteiger partial charge in [0.05, 0.1) is 11.6 Å². The van der Waals surface area contributed by atoms with Crippen LogP contribution in [0.3, 0.4) is 0 Å². The smallest absolute Gasteiger partial charge is 0.252 e. The molecule has 4 N–H and O–H groups in total. The zero-order valence-electron chi connectivity index (χ0n) is 10.1. The zero-order chi connectivity index (χ0) is 13.0. The van der Waals surface area contributed by atoms with Crippen molar-refractivity contribution in [3.63, 3.8) is 0 Å². The molecule has 1 amide bonds. The second-order valence-electron chi connectivity index (χ2n) is 4.19. The summed E-state index contributed by atoms with van der Waals surface area (Å²) in [5.41, 5.74) is 7.10. The van der Waals surface area contributed by atoms with E-state index >= 15 is 0 Å². The number of carbonyl (C=O) groups is 1. The molecule has 0 aliphatic carbocycles. The Morgan fingerprint density at radius 3 is 2.59 bits per heavy atom. The number of nitrogens with two attached hydrogens (primary N) is 1. The number of nitrogens with zero attached hydrogens (tertiary/aromatic N) is 1. The first-order valence-corrected chi connectivity index (χ1v) is 6.22. The van der Waals surface area contributed by atoms with E-state index in [0.29, 0.717) is 5.56 Å². The van der Waals surface area contributed by atoms with Gasteiger partial charge >= 0.3 is 0 Å². The van der Waals surface area contributed by atoms with Crippen molar-refractivity contribution in [2.45, 2.75) is 26.8 Å². The number of amides is 1. The van der Waals surface area contributed by atoms with Gasteiger partial charge in [-0.05, 0) is 23.8 Å². The van der Waals surface area contributed by atoms with E-state index in [-0.39, 0.29) is 17.7 Å². The predicted octanol–water partition coefficient (Wildman–Crippen LogP) is 1.56. The molecule has 1 heterocycles. The molecule has 0 aliphatic heterocycles. The number of rotatable bonds is 4. The van der Waals surface area contributed by atoms with Crippen LogP contribution in [0.2, 0.25) is 0 Å². The van der Waals surface area contributed by atoms with Gasteiger partial charge in [0, 0.05) is 5.38 Å². The first-order chi connectivity index (χ1) is 7.97. The Balaban J connectivity index is 2.82. The number of oxime groups is 1. The normalized spacial score (nSPS) is 13.8. The molecule has 0 radical (unpaired) electrons. The van der Waals surface area contributed by atoms with Crippen LogP contribution in [0.15, 0.2) is 15.9 Å². The summed E-state index contributed by atoms with van der Waals surface area (Å²) in [6, 6.07) is -0.466. The topological polar surface area (TPSA) is 87.7 Å². The quantitative estimate of drug-likeness (QED) is 0.330. The molecule has 0 aliphatic rings. The summed E-state index contributed by atoms with van der Waals surface area (Å²) in [6.45, 7) is 5.66. The molecule has 0 spiro atoms. The second kappa shape index (κ2) is 5.67. The highest BCUT2D eigenvalue weighted by Crippen LogP contribution is 2.14. The van der Waals surface area contributed by atoms with E-state index in [1.165, 1.54) is 11.3 Å². The lowest BCUT2D eigenvalue weighted by molar-refractivity contribution is 0.0938. The van der Waals surface area contributed by atoms with Gasteiger partial charge in [0.25, 0.3) is 5.91 Å². The highest BCUT2D eigenvalue weighted by Gasteiger charge is 2.22. The van der Waals surface area contributed by atoms with E-state index < -0.39 is 6.04 Å². The maximum atomic E-state index is 12.0. The summed E-state index contributed by atoms with van der Waals surface area (Å²) in [7, 11) is 0. The Hall–Kier alpha value is -1.56. The molecule has 0 saturated carbocycles. The lowest BCUT2D eigenvalue weighted by Crippen LogP contribution is -2.47. The van der Waals surface area contributed by atoms with Crippen molar-refractivity contribution >= 4 is 23.1 Å². The van der Waals surface area contributed by atoms with E-state index in [2.05, 4.69) is 10.5 Å². The van der Waals surface area contributed by atoms with Gasteiger partial charge in [0.2, 0.25) is 0 Å². The molecule has 1 unspecified atom stereocenters. The first-order valence-electron chi connectivity index (χ1n) is 5.28. The number of hydrogen-bond acceptors (Lipinski definition) is 4. The van der Waals surface area contributed by atoms with Crippen molar-refractivity contribution in [2.75, 3.05) is 0 Å². The minimum atomic E-state index is -0.466. The van der Waals surface area contributed by atoms with Gasteiger partial charge < -0.3 is 16.3 Å². The first kappa shape index (κ1) is 13.5. The molecule has 94 valence electrons. The molecule has 0 aromatic carbocycles. The van der Waals surface area contributed by atoms with Gasteiger partial charge in [-0.15, -0.1) is 0 Å². The SMILES string of the molecule is Cc1cscc1C(=O)NC(C(N)=NO)C(C)C. The van der Waals surface area contributed by atoms with E-state index in [1.807, 2.05) is 26.2 Å². The molecule has 1 aromatic rings. The molecular weight excluding hydrogens is 238 g/mol. The second-order valence-corrected chi connectivity index (χ2v) is 4.93. The predicted molar refractivity (Wildman–Crippen MR) is 68.6 cm³/mol. The van der Waals surface area contributed by atoms with Crippen molar-refractivity contribution < 1.29 is 10.0 Å². The molecule has 1 aromatic heterocycles. The van der Waals surface area contributed by atoms with Crippen LogP contribution in [0.1, 0.15) is 29.8 Å². The molecule has 6 heteroatoms. The number of aryl methyl sites for hydroxylation is 1. The van der Waals surface area contributed by atoms with Gasteiger partial charge in [-0.3, -0.25) is 4.79 Å². The zero-order valence-corrected chi connectivity index (χ0v) is 10.9. The molecule has 1 rings (SSSR count). The Kier molecular flexibility index (Phi) is 4.51. The van der Waals surface area contributed by atoms with Crippen LogP contribution < -0.4 is 11.1 Å². The van der Waals surface area contributed by atoms with Crippen LogP contribution in [-0.2, 0) is 0 Å². The van der Waals surface area contributed by atoms with Crippen LogP contribution in [0, 0.1) is 12.8 Å². The van der Waals surface area contributed by atoms with Crippen molar-refractivity contribution in [2.24, 2.45) is 16.8 Å². The molecule has 0 saturated heterocycles. The third kappa shape index (κ3) is 3.20. The molecular formula is C11H17N3O2S. The number of carbonyl (C=O) groups excluding carboxylic acids is 1. The van der Waals surface area contributed by atoms with Crippen molar-refractivity contribution in [3.05, 3.63) is 21.9 Å². The summed E-state index contributed by atoms with van der Waals surface area (Å²) in [4.78, 5) is 12.0. The van der Waals surface area contributed by atoms with Crippen LogP contribution in [0.5, 0.6) is 0 Å². The van der Waals surface area contributed by atoms with E-state index in [0.717, 1.165) is 5.56 Å². The maximum absolute atomic E-state index is 12.0. The fraction of sp³-hybridized carbons (Fsp3) is 0.455. The summed E-state index contributed by atoms with van der Waals surface area (Å²) >= 11 is 1.47. The monoisotopic (exact) mass is 255 g/mol. The number of hydrogen-bond donors (Lipinski definition) is 3. The van der Waals surface area contributed by atoms with Crippen LogP contribution in [0.25, 0.3) is 0 Å². The van der Waals surface area contributed by atoms with E-state index in [9.17, 15) is 4.79 Å². The third-order valence-electron chi connectivity index (χ3n) is 2.49. The fourth-order valence-electron chi connectivity index (χ4n) is 1.46. The highest BCUT2D eigenvalue weighted by molar-refractivity contribution is 7.08. The lowest BCUT2D eigenvalue weighted by Gasteiger charge is -2.20. The van der Waals surface area contributed by atoms with Crippen molar-refractivity contribution in [3.8, 4) is 0 Å². The summed E-state index contributed by atoms with van der Waals surface area (Å²) in [5.74, 6) is -0.135. The molecule has 17 heavy (non-hydrogen) atoms. The lowest BCUT2D eigenvalue weighted by atomic mass is 10.0. The maximum Gasteiger partial charge on any atom is 0.252 e. The Morgan fingerprint density at radius 1 is 1.53 bits per heavy atom. The van der Waals surface area contributed by atoms with Crippen LogP contribution in [-0.4, -0.2) is 23.0 Å². The van der Waals surface area contributed by atoms with E-state index in [1.54, 1.807) is 5.38 Å². The number of amidine groups is 1. The van der Waals surface area contributed by atoms with Gasteiger partial charge in [0.1, 0.15) is 0 Å². The van der Waals surface area contributed by atoms with Crippen LogP contribution in [0.4, 0.5) is 0 Å². The largest absolute Gasteiger partial charge is 0.409 e. The number of nitrogens with one attached hydrogen (secondary N) is 1. The minimum absolute atomic E-state index is 0.0150. The minimum Gasteiger partial charge on any atom is -0.409 e. The standard InChI is InChI=1S/C11H17N3O2S/c1-6(2)9(10(12)14-16)13-11(15)8-5-17-4-7(8)3/h4-6,9,16H,1-3H3,(H2,12,14)(H,13,15). The average Bonchev–Trinajstić information content (AvgIpc) is 2.70. The fourth-order valence-corrected chi connectivity index (χ4v) is 2.28. The Labute approximate surface area is 104 Å². The summed E-state index contributed by atoms with van der Waals surface area (Å²) in [5, 5.41) is 18.1. The average molecular weight is 255 g/mol. The molecule has 0 bridgehead atoms. The highest BCUT2D eigenvalue weighted by atomic mass is 32.1. The molecule has 1 atom stereocenters. The summed E-state index contributed by atoms with van der Waals surface area (Å²) in [6.07, 6.45) is 0.